The highest BCUT2D eigenvalue weighted by Crippen LogP contribution is 2.31. The Labute approximate surface area is 151 Å². The first-order valence-electron chi connectivity index (χ1n) is 9.94. The van der Waals surface area contributed by atoms with E-state index in [0.29, 0.717) is 5.92 Å². The highest BCUT2D eigenvalue weighted by molar-refractivity contribution is 5.97. The van der Waals surface area contributed by atoms with Gasteiger partial charge in [-0.2, -0.15) is 0 Å². The van der Waals surface area contributed by atoms with Crippen LogP contribution in [0.3, 0.4) is 0 Å². The number of carbonyl (C=O) groups is 1. The minimum atomic E-state index is -0.369. The molecule has 0 saturated carbocycles. The molecule has 2 unspecified atom stereocenters. The minimum Gasteiger partial charge on any atom is -0.478 e. The maximum atomic E-state index is 12.3. The summed E-state index contributed by atoms with van der Waals surface area (Å²) in [7, 11) is 0. The second-order valence-electron chi connectivity index (χ2n) is 7.82. The molecule has 1 aromatic rings. The molecule has 2 atom stereocenters. The molecule has 0 aliphatic carbocycles. The fourth-order valence-corrected chi connectivity index (χ4v) is 4.08. The number of fused-ring (bicyclic) bond motifs is 1. The molecule has 1 amide bonds. The average molecular weight is 344 g/mol. The van der Waals surface area contributed by atoms with E-state index in [2.05, 4.69) is 24.1 Å². The van der Waals surface area contributed by atoms with Gasteiger partial charge in [0.1, 0.15) is 5.75 Å². The summed E-state index contributed by atoms with van der Waals surface area (Å²) in [6, 6.07) is 7.66. The number of nitrogens with one attached hydrogen (secondary N) is 1. The molecule has 2 heterocycles. The third-order valence-corrected chi connectivity index (χ3v) is 5.57. The number of piperidine rings is 1. The molecule has 1 aromatic carbocycles. The Balaban J connectivity index is 1.44. The van der Waals surface area contributed by atoms with E-state index in [1.54, 1.807) is 0 Å². The monoisotopic (exact) mass is 344 g/mol. The Morgan fingerprint density at radius 2 is 2.04 bits per heavy atom. The first-order chi connectivity index (χ1) is 12.2. The fourth-order valence-electron chi connectivity index (χ4n) is 4.08. The number of carbonyl (C=O) groups excluding carboxylic acids is 1. The van der Waals surface area contributed by atoms with E-state index in [-0.39, 0.29) is 12.0 Å². The Morgan fingerprint density at radius 3 is 2.80 bits per heavy atom. The number of anilines is 1. The first kappa shape index (κ1) is 18.2. The van der Waals surface area contributed by atoms with Gasteiger partial charge in [-0.25, -0.2) is 0 Å². The third-order valence-electron chi connectivity index (χ3n) is 5.57. The van der Waals surface area contributed by atoms with Crippen LogP contribution in [0.15, 0.2) is 24.3 Å². The second-order valence-corrected chi connectivity index (χ2v) is 7.82. The van der Waals surface area contributed by atoms with Crippen LogP contribution in [0, 0.1) is 11.8 Å². The summed E-state index contributed by atoms with van der Waals surface area (Å²) in [4.78, 5) is 14.8. The van der Waals surface area contributed by atoms with Gasteiger partial charge in [-0.3, -0.25) is 4.79 Å². The van der Waals surface area contributed by atoms with Crippen molar-refractivity contribution >= 4 is 11.6 Å². The van der Waals surface area contributed by atoms with E-state index in [4.69, 9.17) is 4.74 Å². The SMILES string of the molecule is CCCCC1CCN(CC(C)CC2Oc3ccccc3NC2=O)CC1. The van der Waals surface area contributed by atoms with Gasteiger partial charge in [-0.05, 0) is 56.3 Å². The molecular weight excluding hydrogens is 312 g/mol. The quantitative estimate of drug-likeness (QED) is 0.801. The van der Waals surface area contributed by atoms with Crippen molar-refractivity contribution in [2.75, 3.05) is 25.0 Å². The molecule has 4 nitrogen and oxygen atoms in total. The molecular formula is C21H32N2O2. The zero-order chi connectivity index (χ0) is 17.6. The van der Waals surface area contributed by atoms with Crippen molar-refractivity contribution in [3.05, 3.63) is 24.3 Å². The summed E-state index contributed by atoms with van der Waals surface area (Å²) < 4.78 is 5.93. The maximum absolute atomic E-state index is 12.3. The predicted molar refractivity (Wildman–Crippen MR) is 102 cm³/mol. The van der Waals surface area contributed by atoms with Gasteiger partial charge >= 0.3 is 0 Å². The van der Waals surface area contributed by atoms with Gasteiger partial charge in [0.2, 0.25) is 0 Å². The molecule has 3 rings (SSSR count). The molecule has 4 heteroatoms. The second kappa shape index (κ2) is 8.70. The zero-order valence-corrected chi connectivity index (χ0v) is 15.7. The van der Waals surface area contributed by atoms with Gasteiger partial charge in [0.05, 0.1) is 5.69 Å². The van der Waals surface area contributed by atoms with Crippen LogP contribution in [0.5, 0.6) is 5.75 Å². The van der Waals surface area contributed by atoms with Crippen LogP contribution in [-0.4, -0.2) is 36.5 Å². The molecule has 1 saturated heterocycles. The van der Waals surface area contributed by atoms with Crippen molar-refractivity contribution in [2.24, 2.45) is 11.8 Å². The van der Waals surface area contributed by atoms with Crippen molar-refractivity contribution in [1.29, 1.82) is 0 Å². The van der Waals surface area contributed by atoms with Crippen molar-refractivity contribution < 1.29 is 9.53 Å². The predicted octanol–water partition coefficient (Wildman–Crippen LogP) is 4.31. The largest absolute Gasteiger partial charge is 0.478 e. The normalized spacial score (nSPS) is 22.8. The summed E-state index contributed by atoms with van der Waals surface area (Å²) in [5.41, 5.74) is 0.783. The van der Waals surface area contributed by atoms with Crippen molar-refractivity contribution in [3.63, 3.8) is 0 Å². The molecule has 0 bridgehead atoms. The van der Waals surface area contributed by atoms with Crippen LogP contribution in [-0.2, 0) is 4.79 Å². The van der Waals surface area contributed by atoms with Crippen molar-refractivity contribution in [2.45, 2.75) is 58.5 Å². The lowest BCUT2D eigenvalue weighted by Gasteiger charge is -2.34. The average Bonchev–Trinajstić information content (AvgIpc) is 2.62. The summed E-state index contributed by atoms with van der Waals surface area (Å²) in [6.07, 6.45) is 7.15. The molecule has 2 aliphatic heterocycles. The molecule has 25 heavy (non-hydrogen) atoms. The Hall–Kier alpha value is -1.55. The van der Waals surface area contributed by atoms with Crippen LogP contribution in [0.2, 0.25) is 0 Å². The summed E-state index contributed by atoms with van der Waals surface area (Å²) >= 11 is 0. The summed E-state index contributed by atoms with van der Waals surface area (Å²) in [5.74, 6) is 2.16. The molecule has 0 radical (unpaired) electrons. The first-order valence-corrected chi connectivity index (χ1v) is 9.94. The number of nitrogens with zero attached hydrogens (tertiary/aromatic N) is 1. The van der Waals surface area contributed by atoms with E-state index in [1.807, 2.05) is 24.3 Å². The highest BCUT2D eigenvalue weighted by Gasteiger charge is 2.29. The number of amides is 1. The number of rotatable bonds is 7. The molecule has 138 valence electrons. The third kappa shape index (κ3) is 4.97. The molecule has 2 aliphatic rings. The van der Waals surface area contributed by atoms with Gasteiger partial charge in [0, 0.05) is 6.54 Å². The van der Waals surface area contributed by atoms with Gasteiger partial charge in [-0.1, -0.05) is 45.2 Å². The van der Waals surface area contributed by atoms with E-state index in [1.165, 1.54) is 45.2 Å². The standard InChI is InChI=1S/C21H32N2O2/c1-3-4-7-17-10-12-23(13-11-17)15-16(2)14-20-21(24)22-18-8-5-6-9-19(18)25-20/h5-6,8-9,16-17,20H,3-4,7,10-15H2,1-2H3,(H,22,24). The molecule has 1 N–H and O–H groups in total. The lowest BCUT2D eigenvalue weighted by molar-refractivity contribution is -0.124. The van der Waals surface area contributed by atoms with E-state index >= 15 is 0 Å². The van der Waals surface area contributed by atoms with E-state index in [9.17, 15) is 4.79 Å². The van der Waals surface area contributed by atoms with Crippen LogP contribution < -0.4 is 10.1 Å². The zero-order valence-electron chi connectivity index (χ0n) is 15.7. The lowest BCUT2D eigenvalue weighted by Crippen LogP contribution is -2.41. The maximum Gasteiger partial charge on any atom is 0.265 e. The van der Waals surface area contributed by atoms with Gasteiger partial charge in [0.25, 0.3) is 5.91 Å². The number of likely N-dealkylation sites (tertiary alicyclic amines) is 1. The van der Waals surface area contributed by atoms with Crippen LogP contribution in [0.4, 0.5) is 5.69 Å². The topological polar surface area (TPSA) is 41.6 Å². The number of hydrogen-bond donors (Lipinski definition) is 1. The Kier molecular flexibility index (Phi) is 6.35. The van der Waals surface area contributed by atoms with Crippen LogP contribution in [0.25, 0.3) is 0 Å². The smallest absolute Gasteiger partial charge is 0.265 e. The summed E-state index contributed by atoms with van der Waals surface area (Å²) in [5, 5.41) is 2.97. The number of hydrogen-bond acceptors (Lipinski definition) is 3. The number of para-hydroxylation sites is 2. The van der Waals surface area contributed by atoms with Crippen LogP contribution >= 0.6 is 0 Å². The van der Waals surface area contributed by atoms with Gasteiger partial charge in [-0.15, -0.1) is 0 Å². The minimum absolute atomic E-state index is 0.0103. The Bertz CT molecular complexity index is 567. The van der Waals surface area contributed by atoms with E-state index in [0.717, 1.165) is 30.3 Å². The van der Waals surface area contributed by atoms with Crippen molar-refractivity contribution in [1.82, 2.24) is 4.90 Å². The van der Waals surface area contributed by atoms with Crippen molar-refractivity contribution in [3.8, 4) is 5.75 Å². The van der Waals surface area contributed by atoms with Crippen LogP contribution in [0.1, 0.15) is 52.4 Å². The summed E-state index contributed by atoms with van der Waals surface area (Å²) in [6.45, 7) is 7.99. The van der Waals surface area contributed by atoms with Gasteiger partial charge < -0.3 is 15.0 Å². The number of benzene rings is 1. The Morgan fingerprint density at radius 1 is 1.28 bits per heavy atom. The molecule has 0 spiro atoms. The lowest BCUT2D eigenvalue weighted by atomic mass is 9.91. The highest BCUT2D eigenvalue weighted by atomic mass is 16.5. The molecule has 0 aromatic heterocycles. The number of ether oxygens (including phenoxy) is 1. The fraction of sp³-hybridized carbons (Fsp3) is 0.667. The van der Waals surface area contributed by atoms with E-state index < -0.39 is 0 Å². The number of unbranched alkanes of at least 4 members (excludes halogenated alkanes) is 1. The van der Waals surface area contributed by atoms with Gasteiger partial charge in [0.15, 0.2) is 6.10 Å². The molecule has 1 fully saturated rings.